The highest BCUT2D eigenvalue weighted by atomic mass is 19.1. The lowest BCUT2D eigenvalue weighted by Gasteiger charge is -2.34. The van der Waals surface area contributed by atoms with Crippen molar-refractivity contribution in [1.82, 2.24) is 19.7 Å². The normalized spacial score (nSPS) is 13.1. The van der Waals surface area contributed by atoms with Crippen LogP contribution in [0.4, 0.5) is 26.1 Å². The van der Waals surface area contributed by atoms with Crippen LogP contribution in [0.15, 0.2) is 54.9 Å². The van der Waals surface area contributed by atoms with Crippen molar-refractivity contribution >= 4 is 17.3 Å². The molecule has 0 saturated heterocycles. The summed E-state index contributed by atoms with van der Waals surface area (Å²) < 4.78 is 36.9. The lowest BCUT2D eigenvalue weighted by Crippen LogP contribution is -2.38. The lowest BCUT2D eigenvalue weighted by molar-refractivity contribution is 0.287. The summed E-state index contributed by atoms with van der Waals surface area (Å²) >= 11 is 0. The van der Waals surface area contributed by atoms with E-state index in [1.54, 1.807) is 10.7 Å². The fraction of sp³-hybridized carbons (Fsp3) is 0.240. The van der Waals surface area contributed by atoms with Crippen molar-refractivity contribution in [1.29, 1.82) is 0 Å². The zero-order chi connectivity index (χ0) is 23.8. The van der Waals surface area contributed by atoms with E-state index in [0.717, 1.165) is 23.1 Å². The fourth-order valence-electron chi connectivity index (χ4n) is 4.03. The van der Waals surface area contributed by atoms with Crippen LogP contribution in [0.3, 0.4) is 0 Å². The molecule has 0 fully saturated rings. The fourth-order valence-corrected chi connectivity index (χ4v) is 4.03. The first-order valence-corrected chi connectivity index (χ1v) is 11.0. The van der Waals surface area contributed by atoms with Crippen molar-refractivity contribution in [2.75, 3.05) is 23.4 Å². The van der Waals surface area contributed by atoms with E-state index >= 15 is 0 Å². The van der Waals surface area contributed by atoms with Crippen molar-refractivity contribution < 1.29 is 13.5 Å². The molecule has 0 unspecified atom stereocenters. The predicted octanol–water partition coefficient (Wildman–Crippen LogP) is 5.17. The Morgan fingerprint density at radius 3 is 2.53 bits per heavy atom. The second-order valence-corrected chi connectivity index (χ2v) is 8.41. The van der Waals surface area contributed by atoms with Crippen LogP contribution < -0.4 is 15.0 Å². The van der Waals surface area contributed by atoms with Gasteiger partial charge in [-0.25, -0.2) is 18.7 Å². The minimum Gasteiger partial charge on any atom is -0.486 e. The summed E-state index contributed by atoms with van der Waals surface area (Å²) in [5.74, 6) is -0.791. The maximum absolute atomic E-state index is 14.9. The van der Waals surface area contributed by atoms with Gasteiger partial charge in [-0.1, -0.05) is 12.1 Å². The molecule has 1 N–H and O–H groups in total. The average molecular weight is 463 g/mol. The van der Waals surface area contributed by atoms with Gasteiger partial charge in [0.15, 0.2) is 17.4 Å². The Morgan fingerprint density at radius 1 is 1.03 bits per heavy atom. The summed E-state index contributed by atoms with van der Waals surface area (Å²) in [7, 11) is 1.87. The summed E-state index contributed by atoms with van der Waals surface area (Å²) in [6, 6.07) is 12.6. The van der Waals surface area contributed by atoms with Gasteiger partial charge in [0.05, 0.1) is 24.1 Å². The summed E-state index contributed by atoms with van der Waals surface area (Å²) in [6.45, 7) is 5.07. The molecule has 7 nitrogen and oxygen atoms in total. The van der Waals surface area contributed by atoms with Gasteiger partial charge in [0, 0.05) is 36.1 Å². The Bertz CT molecular complexity index is 1340. The summed E-state index contributed by atoms with van der Waals surface area (Å²) in [4.78, 5) is 10.4. The van der Waals surface area contributed by atoms with Gasteiger partial charge in [-0.2, -0.15) is 5.10 Å². The Balaban J connectivity index is 1.44. The minimum atomic E-state index is -0.636. The number of halogens is 2. The van der Waals surface area contributed by atoms with Crippen LogP contribution in [-0.2, 0) is 7.05 Å². The maximum atomic E-state index is 14.9. The van der Waals surface area contributed by atoms with Gasteiger partial charge in [-0.05, 0) is 44.2 Å². The number of aromatic nitrogens is 4. The van der Waals surface area contributed by atoms with E-state index in [-0.39, 0.29) is 23.4 Å². The van der Waals surface area contributed by atoms with E-state index in [1.165, 1.54) is 6.07 Å². The summed E-state index contributed by atoms with van der Waals surface area (Å²) in [5.41, 5.74) is 3.48. The molecule has 0 amide bonds. The molecule has 0 atom stereocenters. The molecule has 1 aliphatic heterocycles. The molecule has 0 spiro atoms. The molecule has 4 aromatic rings. The molecular weight excluding hydrogens is 438 g/mol. The molecule has 34 heavy (non-hydrogen) atoms. The highest BCUT2D eigenvalue weighted by Crippen LogP contribution is 2.39. The van der Waals surface area contributed by atoms with Crippen LogP contribution in [0.25, 0.3) is 22.5 Å². The van der Waals surface area contributed by atoms with E-state index in [2.05, 4.69) is 20.4 Å². The van der Waals surface area contributed by atoms with Crippen LogP contribution in [-0.4, -0.2) is 38.9 Å². The lowest BCUT2D eigenvalue weighted by atomic mass is 10.1. The first-order chi connectivity index (χ1) is 16.4. The number of hydrogen-bond acceptors (Lipinski definition) is 6. The molecule has 174 valence electrons. The molecule has 0 bridgehead atoms. The van der Waals surface area contributed by atoms with E-state index in [0.29, 0.717) is 24.4 Å². The summed E-state index contributed by atoms with van der Waals surface area (Å²) in [5, 5.41) is 7.48. The van der Waals surface area contributed by atoms with E-state index in [1.807, 2.05) is 62.3 Å². The number of ether oxygens (including phenoxy) is 1. The molecule has 0 aliphatic carbocycles. The molecule has 9 heteroatoms. The van der Waals surface area contributed by atoms with Gasteiger partial charge in [0.25, 0.3) is 0 Å². The van der Waals surface area contributed by atoms with E-state index in [9.17, 15) is 8.78 Å². The Morgan fingerprint density at radius 2 is 1.82 bits per heavy atom. The molecule has 0 radical (unpaired) electrons. The zero-order valence-electron chi connectivity index (χ0n) is 19.1. The third-order valence-corrected chi connectivity index (χ3v) is 5.70. The highest BCUT2D eigenvalue weighted by Gasteiger charge is 2.25. The Kier molecular flexibility index (Phi) is 5.61. The quantitative estimate of drug-likeness (QED) is 0.441. The Labute approximate surface area is 196 Å². The standard InChI is InChI=1S/C25H24F2N6O/c1-15(2)33-10-11-34-24-19(26)12-17(13-22(24)33)23-20(27)14-28-25(30-23)29-18-6-4-16(5-7-18)21-8-9-32(3)31-21/h4-9,12-15H,10-11H2,1-3H3,(H,28,29,30). The van der Waals surface area contributed by atoms with Gasteiger partial charge < -0.3 is 15.0 Å². The second-order valence-electron chi connectivity index (χ2n) is 8.41. The number of nitrogens with one attached hydrogen (secondary N) is 1. The Hall–Kier alpha value is -4.01. The maximum Gasteiger partial charge on any atom is 0.227 e. The molecule has 3 heterocycles. The van der Waals surface area contributed by atoms with Crippen LogP contribution >= 0.6 is 0 Å². The van der Waals surface area contributed by atoms with Crippen LogP contribution in [0.5, 0.6) is 5.75 Å². The molecule has 0 saturated carbocycles. The average Bonchev–Trinajstić information content (AvgIpc) is 3.26. The van der Waals surface area contributed by atoms with Crippen LogP contribution in [0, 0.1) is 11.6 Å². The third kappa shape index (κ3) is 4.16. The zero-order valence-corrected chi connectivity index (χ0v) is 19.1. The second kappa shape index (κ2) is 8.74. The van der Waals surface area contributed by atoms with E-state index in [4.69, 9.17) is 4.74 Å². The molecule has 1 aliphatic rings. The van der Waals surface area contributed by atoms with Gasteiger partial charge in [-0.3, -0.25) is 4.68 Å². The molecule has 5 rings (SSSR count). The predicted molar refractivity (Wildman–Crippen MR) is 127 cm³/mol. The van der Waals surface area contributed by atoms with Crippen molar-refractivity contribution in [3.8, 4) is 28.3 Å². The summed E-state index contributed by atoms with van der Waals surface area (Å²) in [6.07, 6.45) is 2.96. The highest BCUT2D eigenvalue weighted by molar-refractivity contribution is 5.73. The number of hydrogen-bond donors (Lipinski definition) is 1. The first-order valence-electron chi connectivity index (χ1n) is 11.0. The largest absolute Gasteiger partial charge is 0.486 e. The van der Waals surface area contributed by atoms with Gasteiger partial charge >= 0.3 is 0 Å². The number of rotatable bonds is 5. The van der Waals surface area contributed by atoms with Gasteiger partial charge in [0.1, 0.15) is 12.3 Å². The van der Waals surface area contributed by atoms with Crippen molar-refractivity contribution in [2.24, 2.45) is 7.05 Å². The van der Waals surface area contributed by atoms with Crippen molar-refractivity contribution in [3.63, 3.8) is 0 Å². The first kappa shape index (κ1) is 21.8. The van der Waals surface area contributed by atoms with Crippen molar-refractivity contribution in [2.45, 2.75) is 19.9 Å². The number of benzene rings is 2. The third-order valence-electron chi connectivity index (χ3n) is 5.70. The number of fused-ring (bicyclic) bond motifs is 1. The number of aryl methyl sites for hydroxylation is 1. The topological polar surface area (TPSA) is 68.1 Å². The molecule has 2 aromatic carbocycles. The number of nitrogens with zero attached hydrogens (tertiary/aromatic N) is 5. The molecular formula is C25H24F2N6O. The number of anilines is 3. The van der Waals surface area contributed by atoms with Crippen LogP contribution in [0.1, 0.15) is 13.8 Å². The van der Waals surface area contributed by atoms with Gasteiger partial charge in [-0.15, -0.1) is 0 Å². The van der Waals surface area contributed by atoms with E-state index < -0.39 is 11.6 Å². The molecule has 2 aromatic heterocycles. The monoisotopic (exact) mass is 462 g/mol. The SMILES string of the molecule is CC(C)N1CCOc2c(F)cc(-c3nc(Nc4ccc(-c5ccn(C)n5)cc4)ncc3F)cc21. The van der Waals surface area contributed by atoms with Crippen molar-refractivity contribution in [3.05, 3.63) is 66.5 Å². The minimum absolute atomic E-state index is 0.0126. The van der Waals surface area contributed by atoms with Crippen LogP contribution in [0.2, 0.25) is 0 Å². The smallest absolute Gasteiger partial charge is 0.227 e. The van der Waals surface area contributed by atoms with Gasteiger partial charge in [0.2, 0.25) is 5.95 Å².